The van der Waals surface area contributed by atoms with Crippen LogP contribution in [-0.4, -0.2) is 47.2 Å². The van der Waals surface area contributed by atoms with E-state index in [0.29, 0.717) is 28.4 Å². The summed E-state index contributed by atoms with van der Waals surface area (Å²) in [6, 6.07) is 13.5. The maximum atomic E-state index is 13.5. The van der Waals surface area contributed by atoms with Crippen LogP contribution >= 0.6 is 11.8 Å². The number of rotatable bonds is 6. The van der Waals surface area contributed by atoms with Crippen LogP contribution in [0.25, 0.3) is 6.08 Å². The first-order valence-electron chi connectivity index (χ1n) is 10.9. The average Bonchev–Trinajstić information content (AvgIpc) is 3.12. The maximum absolute atomic E-state index is 13.5. The second-order valence-corrected chi connectivity index (χ2v) is 9.22. The summed E-state index contributed by atoms with van der Waals surface area (Å²) >= 11 is 1.37. The van der Waals surface area contributed by atoms with Crippen molar-refractivity contribution in [2.75, 3.05) is 36.7 Å². The lowest BCUT2D eigenvalue weighted by Gasteiger charge is -2.19. The number of anilines is 3. The fourth-order valence-corrected chi connectivity index (χ4v) is 4.44. The predicted molar refractivity (Wildman–Crippen MR) is 142 cm³/mol. The molecule has 0 unspecified atom stereocenters. The number of carbonyl (C=O) groups excluding carboxylic acids is 1. The molecular formula is C25H27N7O2S. The summed E-state index contributed by atoms with van der Waals surface area (Å²) in [5.41, 5.74) is 9.96. The second kappa shape index (κ2) is 10.1. The van der Waals surface area contributed by atoms with Gasteiger partial charge in [0.25, 0.3) is 5.91 Å². The third kappa shape index (κ3) is 5.60. The predicted octanol–water partition coefficient (Wildman–Crippen LogP) is 3.82. The molecule has 2 heterocycles. The van der Waals surface area contributed by atoms with Gasteiger partial charge in [0.2, 0.25) is 11.9 Å². The van der Waals surface area contributed by atoms with Crippen molar-refractivity contribution in [3.05, 3.63) is 70.7 Å². The summed E-state index contributed by atoms with van der Waals surface area (Å²) in [5, 5.41) is 0.546. The molecule has 0 saturated heterocycles. The molecule has 35 heavy (non-hydrogen) atoms. The van der Waals surface area contributed by atoms with E-state index in [1.807, 2.05) is 64.3 Å². The number of nitrogen functional groups attached to an aromatic ring is 1. The largest absolute Gasteiger partial charge is 0.497 e. The summed E-state index contributed by atoms with van der Waals surface area (Å²) in [6.07, 6.45) is 1.77. The molecule has 2 N–H and O–H groups in total. The Morgan fingerprint density at radius 1 is 1.06 bits per heavy atom. The van der Waals surface area contributed by atoms with Crippen molar-refractivity contribution in [3.63, 3.8) is 0 Å². The lowest BCUT2D eigenvalue weighted by atomic mass is 10.1. The van der Waals surface area contributed by atoms with Crippen LogP contribution in [-0.2, 0) is 10.5 Å². The van der Waals surface area contributed by atoms with E-state index in [0.717, 1.165) is 28.1 Å². The fourth-order valence-electron chi connectivity index (χ4n) is 3.58. The molecule has 2 aromatic carbocycles. The zero-order valence-corrected chi connectivity index (χ0v) is 21.1. The van der Waals surface area contributed by atoms with Gasteiger partial charge in [0, 0.05) is 14.1 Å². The second-order valence-electron chi connectivity index (χ2n) is 8.28. The van der Waals surface area contributed by atoms with Crippen LogP contribution in [0.4, 0.5) is 17.6 Å². The summed E-state index contributed by atoms with van der Waals surface area (Å²) in [7, 11) is 5.29. The highest BCUT2D eigenvalue weighted by Crippen LogP contribution is 2.32. The van der Waals surface area contributed by atoms with Gasteiger partial charge in [0.1, 0.15) is 17.3 Å². The van der Waals surface area contributed by atoms with Crippen molar-refractivity contribution in [2.45, 2.75) is 19.6 Å². The zero-order chi connectivity index (χ0) is 25.1. The van der Waals surface area contributed by atoms with Gasteiger partial charge in [-0.05, 0) is 60.9 Å². The highest BCUT2D eigenvalue weighted by molar-refractivity contribution is 8.13. The molecule has 0 radical (unpaired) electrons. The lowest BCUT2D eigenvalue weighted by Crippen LogP contribution is -2.30. The minimum absolute atomic E-state index is 0.148. The van der Waals surface area contributed by atoms with Gasteiger partial charge < -0.3 is 15.4 Å². The number of hydrogen-bond acceptors (Lipinski definition) is 9. The Labute approximate surface area is 208 Å². The van der Waals surface area contributed by atoms with Crippen LogP contribution in [0.1, 0.15) is 22.5 Å². The molecule has 10 heteroatoms. The summed E-state index contributed by atoms with van der Waals surface area (Å²) < 4.78 is 5.23. The normalized spacial score (nSPS) is 14.4. The van der Waals surface area contributed by atoms with Gasteiger partial charge in [-0.15, -0.1) is 0 Å². The smallest absolute Gasteiger partial charge is 0.283 e. The monoisotopic (exact) mass is 489 g/mol. The van der Waals surface area contributed by atoms with Crippen molar-refractivity contribution in [1.82, 2.24) is 15.0 Å². The first-order valence-corrected chi connectivity index (χ1v) is 11.9. The molecule has 1 aliphatic heterocycles. The van der Waals surface area contributed by atoms with Gasteiger partial charge >= 0.3 is 0 Å². The summed E-state index contributed by atoms with van der Waals surface area (Å²) in [4.78, 5) is 34.5. The quantitative estimate of drug-likeness (QED) is 0.521. The first-order chi connectivity index (χ1) is 16.7. The molecule has 1 aliphatic rings. The van der Waals surface area contributed by atoms with Crippen molar-refractivity contribution >= 4 is 46.5 Å². The van der Waals surface area contributed by atoms with Gasteiger partial charge in [-0.25, -0.2) is 4.99 Å². The minimum Gasteiger partial charge on any atom is -0.497 e. The number of carbonyl (C=O) groups is 1. The highest BCUT2D eigenvalue weighted by atomic mass is 32.2. The van der Waals surface area contributed by atoms with Gasteiger partial charge in [-0.3, -0.25) is 9.69 Å². The van der Waals surface area contributed by atoms with Crippen molar-refractivity contribution in [1.29, 1.82) is 0 Å². The Bertz CT molecular complexity index is 1300. The van der Waals surface area contributed by atoms with Crippen molar-refractivity contribution < 1.29 is 9.53 Å². The molecule has 4 rings (SSSR count). The SMILES string of the molecule is COc1ccc(/C=C2\N=C(SCc3nc(N)nc(N(C)C)n3)N(c3cc(C)cc(C)c3)C2=O)cc1. The highest BCUT2D eigenvalue weighted by Gasteiger charge is 2.32. The molecule has 0 bridgehead atoms. The van der Waals surface area contributed by atoms with Crippen LogP contribution in [0.5, 0.6) is 5.75 Å². The van der Waals surface area contributed by atoms with E-state index in [2.05, 4.69) is 21.0 Å². The van der Waals surface area contributed by atoms with E-state index < -0.39 is 0 Å². The molecule has 0 saturated carbocycles. The number of amides is 1. The molecule has 0 spiro atoms. The number of aliphatic imine (C=N–C) groups is 1. The van der Waals surface area contributed by atoms with Gasteiger partial charge in [-0.2, -0.15) is 15.0 Å². The van der Waals surface area contributed by atoms with Gasteiger partial charge in [-0.1, -0.05) is 30.0 Å². The third-order valence-corrected chi connectivity index (χ3v) is 6.07. The summed E-state index contributed by atoms with van der Waals surface area (Å²) in [5.74, 6) is 2.05. The number of hydrogen-bond donors (Lipinski definition) is 1. The molecule has 1 amide bonds. The maximum Gasteiger partial charge on any atom is 0.283 e. The number of thioether (sulfide) groups is 1. The topological polar surface area (TPSA) is 110 Å². The van der Waals surface area contributed by atoms with E-state index in [1.165, 1.54) is 11.8 Å². The molecule has 1 aromatic heterocycles. The number of methoxy groups -OCH3 is 1. The van der Waals surface area contributed by atoms with E-state index >= 15 is 0 Å². The molecule has 0 atom stereocenters. The van der Waals surface area contributed by atoms with E-state index in [9.17, 15) is 4.79 Å². The Morgan fingerprint density at radius 3 is 2.37 bits per heavy atom. The molecule has 3 aromatic rings. The molecule has 9 nitrogen and oxygen atoms in total. The first kappa shape index (κ1) is 24.2. The number of aromatic nitrogens is 3. The minimum atomic E-state index is -0.197. The number of benzene rings is 2. The van der Waals surface area contributed by atoms with Crippen molar-refractivity contribution in [2.24, 2.45) is 4.99 Å². The number of aryl methyl sites for hydroxylation is 2. The molecule has 0 aliphatic carbocycles. The summed E-state index contributed by atoms with van der Waals surface area (Å²) in [6.45, 7) is 4.01. The molecule has 0 fully saturated rings. The fraction of sp³-hybridized carbons (Fsp3) is 0.240. The number of nitrogens with two attached hydrogens (primary N) is 1. The molecule has 180 valence electrons. The van der Waals surface area contributed by atoms with Gasteiger partial charge in [0.05, 0.1) is 18.6 Å². The van der Waals surface area contributed by atoms with Crippen LogP contribution in [0.3, 0.4) is 0 Å². The number of amidine groups is 1. The lowest BCUT2D eigenvalue weighted by molar-refractivity contribution is -0.113. The zero-order valence-electron chi connectivity index (χ0n) is 20.3. The third-order valence-electron chi connectivity index (χ3n) is 5.13. The Morgan fingerprint density at radius 2 is 1.74 bits per heavy atom. The van der Waals surface area contributed by atoms with Crippen LogP contribution < -0.4 is 20.3 Å². The van der Waals surface area contributed by atoms with E-state index in [1.54, 1.807) is 23.0 Å². The molecular weight excluding hydrogens is 462 g/mol. The van der Waals surface area contributed by atoms with Gasteiger partial charge in [0.15, 0.2) is 5.17 Å². The van der Waals surface area contributed by atoms with Crippen LogP contribution in [0.2, 0.25) is 0 Å². The van der Waals surface area contributed by atoms with Crippen LogP contribution in [0, 0.1) is 13.8 Å². The van der Waals surface area contributed by atoms with Crippen LogP contribution in [0.15, 0.2) is 53.2 Å². The average molecular weight is 490 g/mol. The van der Waals surface area contributed by atoms with Crippen molar-refractivity contribution in [3.8, 4) is 5.75 Å². The van der Waals surface area contributed by atoms with E-state index in [-0.39, 0.29) is 11.9 Å². The number of nitrogens with zero attached hydrogens (tertiary/aromatic N) is 6. The Hall–Kier alpha value is -3.92. The standard InChI is InChI=1S/C25H27N7O2S/c1-15-10-16(2)12-18(11-15)32-22(33)20(13-17-6-8-19(34-5)9-7-17)27-25(32)35-14-21-28-23(26)30-24(29-21)31(3)4/h6-13H,14H2,1-5H3,(H2,26,28,29,30)/b20-13-. The van der Waals surface area contributed by atoms with E-state index in [4.69, 9.17) is 15.5 Å². The number of ether oxygens (including phenoxy) is 1. The Balaban J connectivity index is 1.68. The Kier molecular flexibility index (Phi) is 7.02.